The van der Waals surface area contributed by atoms with E-state index in [9.17, 15) is 23.3 Å². The van der Waals surface area contributed by atoms with Crippen molar-refractivity contribution in [1.82, 2.24) is 19.9 Å². The third kappa shape index (κ3) is 8.46. The summed E-state index contributed by atoms with van der Waals surface area (Å²) in [6.45, 7) is 7.52. The van der Waals surface area contributed by atoms with Gasteiger partial charge in [-0.15, -0.1) is 0 Å². The number of hydrogen-bond donors (Lipinski definition) is 2. The first-order valence-electron chi connectivity index (χ1n) is 13.3. The number of benzene rings is 2. The van der Waals surface area contributed by atoms with Crippen LogP contribution >= 0.6 is 11.8 Å². The Labute approximate surface area is 257 Å². The molecule has 2 aromatic heterocycles. The molecule has 4 aromatic rings. The Balaban J connectivity index is 1.40. The van der Waals surface area contributed by atoms with E-state index in [0.29, 0.717) is 35.1 Å². The maximum absolute atomic E-state index is 13.0. The number of thioether (sulfide) groups is 1. The Morgan fingerprint density at radius 2 is 1.91 bits per heavy atom. The van der Waals surface area contributed by atoms with Crippen LogP contribution in [-0.2, 0) is 30.2 Å². The number of fused-ring (bicyclic) bond motifs is 1. The normalized spacial score (nSPS) is 12.7. The molecule has 0 fully saturated rings. The van der Waals surface area contributed by atoms with Crippen LogP contribution in [0.4, 0.5) is 11.4 Å². The van der Waals surface area contributed by atoms with Gasteiger partial charge in [-0.2, -0.15) is 9.28 Å². The van der Waals surface area contributed by atoms with Crippen molar-refractivity contribution in [1.29, 1.82) is 0 Å². The zero-order chi connectivity index (χ0) is 31.2. The molecule has 0 aliphatic carbocycles. The predicted molar refractivity (Wildman–Crippen MR) is 170 cm³/mol. The quantitative estimate of drug-likeness (QED) is 0.0692. The summed E-state index contributed by atoms with van der Waals surface area (Å²) in [5.74, 6) is 0.0783. The van der Waals surface area contributed by atoms with Crippen molar-refractivity contribution >= 4 is 55.9 Å². The van der Waals surface area contributed by atoms with Crippen LogP contribution in [0.5, 0.6) is 0 Å². The fraction of sp³-hybridized carbons (Fsp3) is 0.321. The summed E-state index contributed by atoms with van der Waals surface area (Å²) in [6, 6.07) is 15.3. The van der Waals surface area contributed by atoms with Gasteiger partial charge in [0.2, 0.25) is 5.91 Å². The molecule has 0 spiro atoms. The molecule has 1 atom stereocenters. The highest BCUT2D eigenvalue weighted by molar-refractivity contribution is 7.99. The summed E-state index contributed by atoms with van der Waals surface area (Å²) >= 11 is 1.13. The first-order chi connectivity index (χ1) is 20.3. The lowest BCUT2D eigenvalue weighted by molar-refractivity contribution is -0.387. The Morgan fingerprint density at radius 1 is 1.14 bits per heavy atom. The maximum atomic E-state index is 13.0. The fourth-order valence-corrected chi connectivity index (χ4v) is 6.40. The van der Waals surface area contributed by atoms with Crippen LogP contribution in [0.1, 0.15) is 27.2 Å². The maximum Gasteiger partial charge on any atom is 0.289 e. The zero-order valence-corrected chi connectivity index (χ0v) is 26.6. The highest BCUT2D eigenvalue weighted by Gasteiger charge is 2.31. The molecule has 228 valence electrons. The highest BCUT2D eigenvalue weighted by Crippen LogP contribution is 2.28. The van der Waals surface area contributed by atoms with Gasteiger partial charge in [0.15, 0.2) is 15.3 Å². The third-order valence-corrected chi connectivity index (χ3v) is 10.8. The Bertz CT molecular complexity index is 1720. The van der Waals surface area contributed by atoms with E-state index in [2.05, 4.69) is 47.1 Å². The minimum atomic E-state index is -4.24. The molecule has 0 saturated carbocycles. The number of nitrogens with one attached hydrogen (secondary N) is 2. The van der Waals surface area contributed by atoms with Gasteiger partial charge >= 0.3 is 0 Å². The molecule has 0 radical (unpaired) electrons. The standard InChI is InChI=1S/C28H32N6O6S3/c1-28(2,3)42(4)40-16-8-15-29-26(35)19-41-27-14-13-25-30-18-23(33(25)31-27)20-9-7-10-21(17-20)32-43(38,39)24-12-6-5-11-22(24)34(36)37/h5-7,9-14,17-18,32H,8,15-16,19H2,1-4H3/p+1. The van der Waals surface area contributed by atoms with Crippen molar-refractivity contribution < 1.29 is 22.3 Å². The number of carbonyl (C=O) groups excluding carboxylic acids is 1. The van der Waals surface area contributed by atoms with E-state index in [1.165, 1.54) is 30.0 Å². The lowest BCUT2D eigenvalue weighted by Gasteiger charge is -2.15. The van der Waals surface area contributed by atoms with Gasteiger partial charge in [-0.25, -0.2) is 17.9 Å². The number of carbonyl (C=O) groups is 1. The largest absolute Gasteiger partial charge is 0.355 e. The third-order valence-electron chi connectivity index (χ3n) is 6.22. The molecular formula is C28H33N6O6S3+. The summed E-state index contributed by atoms with van der Waals surface area (Å²) in [4.78, 5) is 26.9. The number of amides is 1. The van der Waals surface area contributed by atoms with Gasteiger partial charge < -0.3 is 5.32 Å². The SMILES string of the molecule is C[S+](OCCCNC(=O)CSc1ccc2ncc(-c3cccc(NS(=O)(=O)c4ccccc4[N+](=O)[O-])c3)n2n1)C(C)(C)C. The monoisotopic (exact) mass is 645 g/mol. The number of nitro benzene ring substituents is 1. The number of nitro groups is 1. The van der Waals surface area contributed by atoms with E-state index >= 15 is 0 Å². The van der Waals surface area contributed by atoms with Crippen LogP contribution in [0.3, 0.4) is 0 Å². The van der Waals surface area contributed by atoms with Crippen LogP contribution in [0.25, 0.3) is 16.9 Å². The van der Waals surface area contributed by atoms with E-state index in [4.69, 9.17) is 4.18 Å². The Morgan fingerprint density at radius 3 is 2.65 bits per heavy atom. The molecule has 2 heterocycles. The number of aromatic nitrogens is 3. The summed E-state index contributed by atoms with van der Waals surface area (Å²) in [6.07, 6.45) is 4.41. The predicted octanol–water partition coefficient (Wildman–Crippen LogP) is 4.68. The second kappa shape index (κ2) is 13.8. The smallest absolute Gasteiger partial charge is 0.289 e. The van der Waals surface area contributed by atoms with E-state index in [1.807, 2.05) is 0 Å². The van der Waals surface area contributed by atoms with Crippen molar-refractivity contribution in [2.24, 2.45) is 0 Å². The zero-order valence-electron chi connectivity index (χ0n) is 24.1. The molecule has 2 N–H and O–H groups in total. The highest BCUT2D eigenvalue weighted by atomic mass is 32.2. The van der Waals surface area contributed by atoms with Crippen molar-refractivity contribution in [2.45, 2.75) is 41.9 Å². The first kappa shape index (κ1) is 32.3. The van der Waals surface area contributed by atoms with Gasteiger partial charge in [-0.1, -0.05) is 36.0 Å². The molecular weight excluding hydrogens is 613 g/mol. The Kier molecular flexibility index (Phi) is 10.3. The lowest BCUT2D eigenvalue weighted by atomic mass is 10.1. The van der Waals surface area contributed by atoms with Crippen LogP contribution in [0.2, 0.25) is 0 Å². The van der Waals surface area contributed by atoms with Crippen molar-refractivity contribution in [3.8, 4) is 11.3 Å². The molecule has 1 amide bonds. The number of anilines is 1. The average Bonchev–Trinajstić information content (AvgIpc) is 3.38. The Hall–Kier alpha value is -3.66. The molecule has 43 heavy (non-hydrogen) atoms. The second-order valence-electron chi connectivity index (χ2n) is 10.4. The number of rotatable bonds is 13. The van der Waals surface area contributed by atoms with Crippen LogP contribution in [-0.4, -0.2) is 63.8 Å². The second-order valence-corrected chi connectivity index (χ2v) is 15.4. The van der Waals surface area contributed by atoms with Gasteiger partial charge in [0.25, 0.3) is 15.7 Å². The molecule has 0 saturated heterocycles. The topological polar surface area (TPSA) is 158 Å². The van der Waals surface area contributed by atoms with E-state index in [0.717, 1.165) is 12.5 Å². The van der Waals surface area contributed by atoms with E-state index in [-0.39, 0.29) is 33.3 Å². The summed E-state index contributed by atoms with van der Waals surface area (Å²) in [7, 11) is -4.24. The van der Waals surface area contributed by atoms with Gasteiger partial charge in [-0.05, 0) is 57.5 Å². The molecule has 0 aliphatic heterocycles. The molecule has 1 unspecified atom stereocenters. The van der Waals surface area contributed by atoms with Gasteiger partial charge in [0, 0.05) is 23.9 Å². The number of imidazole rings is 1. The van der Waals surface area contributed by atoms with Crippen LogP contribution in [0.15, 0.2) is 76.8 Å². The van der Waals surface area contributed by atoms with E-state index < -0.39 is 25.5 Å². The van der Waals surface area contributed by atoms with Gasteiger partial charge in [-0.3, -0.25) is 19.6 Å². The van der Waals surface area contributed by atoms with Crippen molar-refractivity contribution in [2.75, 3.05) is 29.9 Å². The number of hydrogen-bond acceptors (Lipinski definition) is 9. The van der Waals surface area contributed by atoms with Crippen molar-refractivity contribution in [3.05, 3.63) is 77.0 Å². The minimum Gasteiger partial charge on any atom is -0.355 e. The fourth-order valence-electron chi connectivity index (χ4n) is 3.77. The lowest BCUT2D eigenvalue weighted by Crippen LogP contribution is -2.31. The summed E-state index contributed by atoms with van der Waals surface area (Å²) in [5, 5.41) is 19.5. The number of para-hydroxylation sites is 1. The number of nitrogens with zero attached hydrogens (tertiary/aromatic N) is 4. The summed E-state index contributed by atoms with van der Waals surface area (Å²) < 4.78 is 36.0. The molecule has 15 heteroatoms. The summed E-state index contributed by atoms with van der Waals surface area (Å²) in [5.41, 5.74) is 1.48. The van der Waals surface area contributed by atoms with Gasteiger partial charge in [0.05, 0.1) is 22.6 Å². The first-order valence-corrected chi connectivity index (χ1v) is 17.3. The van der Waals surface area contributed by atoms with E-state index in [1.54, 1.807) is 47.1 Å². The van der Waals surface area contributed by atoms with Crippen LogP contribution < -0.4 is 10.0 Å². The average molecular weight is 646 g/mol. The molecule has 2 aromatic carbocycles. The molecule has 4 rings (SSSR count). The minimum absolute atomic E-state index is 0.0943. The van der Waals surface area contributed by atoms with Crippen LogP contribution in [0, 0.1) is 10.1 Å². The van der Waals surface area contributed by atoms with Crippen molar-refractivity contribution in [3.63, 3.8) is 0 Å². The van der Waals surface area contributed by atoms with Gasteiger partial charge in [0.1, 0.15) is 29.1 Å². The number of sulfonamides is 1. The molecule has 0 bridgehead atoms. The molecule has 12 nitrogen and oxygen atoms in total. The molecule has 0 aliphatic rings.